The molecular weight excluding hydrogens is 356 g/mol. The van der Waals surface area contributed by atoms with Crippen LogP contribution in [0.2, 0.25) is 0 Å². The lowest BCUT2D eigenvalue weighted by Gasteiger charge is -2.27. The minimum Gasteiger partial charge on any atom is -0.463 e. The highest BCUT2D eigenvalue weighted by Gasteiger charge is 2.36. The molecular formula is C22H20N2O4. The minimum absolute atomic E-state index is 0.0209. The first-order valence-electron chi connectivity index (χ1n) is 8.83. The highest BCUT2D eigenvalue weighted by Crippen LogP contribution is 2.40. The maximum absolute atomic E-state index is 12.6. The molecule has 1 unspecified atom stereocenters. The third-order valence-corrected chi connectivity index (χ3v) is 4.27. The van der Waals surface area contributed by atoms with Crippen LogP contribution in [0.5, 0.6) is 11.5 Å². The standard InChI is InChI=1S/C22H20N2O4/c1-3-26-22(25)19-14(2)27-21(24)18(13-23)20(19)15-8-7-11-17(12-15)28-16-9-5-4-6-10-16/h4-12,20H,3,24H2,1-2H3. The summed E-state index contributed by atoms with van der Waals surface area (Å²) < 4.78 is 16.5. The van der Waals surface area contributed by atoms with E-state index in [0.29, 0.717) is 22.8 Å². The van der Waals surface area contributed by atoms with E-state index < -0.39 is 11.9 Å². The van der Waals surface area contributed by atoms with Crippen molar-refractivity contribution in [2.24, 2.45) is 5.73 Å². The van der Waals surface area contributed by atoms with Crippen LogP contribution in [-0.4, -0.2) is 12.6 Å². The first-order valence-corrected chi connectivity index (χ1v) is 8.83. The van der Waals surface area contributed by atoms with Crippen LogP contribution in [0.15, 0.2) is 77.4 Å². The number of esters is 1. The van der Waals surface area contributed by atoms with Crippen LogP contribution >= 0.6 is 0 Å². The van der Waals surface area contributed by atoms with Crippen LogP contribution in [-0.2, 0) is 14.3 Å². The summed E-state index contributed by atoms with van der Waals surface area (Å²) in [6.45, 7) is 3.56. The van der Waals surface area contributed by atoms with Gasteiger partial charge in [-0.1, -0.05) is 30.3 Å². The summed E-state index contributed by atoms with van der Waals surface area (Å²) in [5.41, 5.74) is 7.01. The van der Waals surface area contributed by atoms with Crippen LogP contribution in [0.3, 0.4) is 0 Å². The molecule has 6 nitrogen and oxygen atoms in total. The molecule has 2 N–H and O–H groups in total. The Hall–Kier alpha value is -3.72. The lowest BCUT2D eigenvalue weighted by atomic mass is 9.83. The summed E-state index contributed by atoms with van der Waals surface area (Å²) in [7, 11) is 0. The van der Waals surface area contributed by atoms with Crippen molar-refractivity contribution in [2.45, 2.75) is 19.8 Å². The number of carbonyl (C=O) groups excluding carboxylic acids is 1. The Morgan fingerprint density at radius 3 is 2.57 bits per heavy atom. The summed E-state index contributed by atoms with van der Waals surface area (Å²) >= 11 is 0. The number of hydrogen-bond acceptors (Lipinski definition) is 6. The molecule has 0 saturated heterocycles. The van der Waals surface area contributed by atoms with Gasteiger partial charge in [-0.3, -0.25) is 0 Å². The Morgan fingerprint density at radius 1 is 1.18 bits per heavy atom. The van der Waals surface area contributed by atoms with Crippen molar-refractivity contribution in [3.63, 3.8) is 0 Å². The number of carbonyl (C=O) groups is 1. The van der Waals surface area contributed by atoms with Gasteiger partial charge in [0.15, 0.2) is 0 Å². The molecule has 1 atom stereocenters. The number of rotatable bonds is 5. The van der Waals surface area contributed by atoms with Crippen molar-refractivity contribution < 1.29 is 19.0 Å². The van der Waals surface area contributed by atoms with E-state index in [1.54, 1.807) is 32.0 Å². The van der Waals surface area contributed by atoms with Gasteiger partial charge in [-0.05, 0) is 43.7 Å². The van der Waals surface area contributed by atoms with E-state index in [2.05, 4.69) is 6.07 Å². The Kier molecular flexibility index (Phi) is 5.66. The molecule has 142 valence electrons. The molecule has 0 bridgehead atoms. The Labute approximate surface area is 163 Å². The van der Waals surface area contributed by atoms with Gasteiger partial charge in [-0.2, -0.15) is 5.26 Å². The van der Waals surface area contributed by atoms with Gasteiger partial charge in [0.2, 0.25) is 5.88 Å². The Morgan fingerprint density at radius 2 is 1.89 bits per heavy atom. The zero-order valence-corrected chi connectivity index (χ0v) is 15.6. The average molecular weight is 376 g/mol. The Bertz CT molecular complexity index is 987. The van der Waals surface area contributed by atoms with E-state index in [0.717, 1.165) is 0 Å². The van der Waals surface area contributed by atoms with E-state index in [1.165, 1.54) is 0 Å². The van der Waals surface area contributed by atoms with Crippen LogP contribution < -0.4 is 10.5 Å². The number of para-hydroxylation sites is 1. The van der Waals surface area contributed by atoms with Gasteiger partial charge in [0.1, 0.15) is 28.9 Å². The van der Waals surface area contributed by atoms with Gasteiger partial charge in [0, 0.05) is 0 Å². The van der Waals surface area contributed by atoms with E-state index in [-0.39, 0.29) is 23.6 Å². The molecule has 0 aliphatic carbocycles. The van der Waals surface area contributed by atoms with Gasteiger partial charge in [0.05, 0.1) is 18.1 Å². The van der Waals surface area contributed by atoms with Crippen LogP contribution in [0, 0.1) is 11.3 Å². The van der Waals surface area contributed by atoms with Crippen molar-refractivity contribution in [1.82, 2.24) is 0 Å². The lowest BCUT2D eigenvalue weighted by Crippen LogP contribution is -2.25. The molecule has 0 radical (unpaired) electrons. The first kappa shape index (κ1) is 19.1. The van der Waals surface area contributed by atoms with Crippen molar-refractivity contribution >= 4 is 5.97 Å². The van der Waals surface area contributed by atoms with Crippen molar-refractivity contribution in [2.75, 3.05) is 6.61 Å². The summed E-state index contributed by atoms with van der Waals surface area (Å²) in [5.74, 6) is 0.310. The smallest absolute Gasteiger partial charge is 0.338 e. The molecule has 1 aliphatic rings. The largest absolute Gasteiger partial charge is 0.463 e. The fraction of sp³-hybridized carbons (Fsp3) is 0.182. The maximum Gasteiger partial charge on any atom is 0.338 e. The summed E-state index contributed by atoms with van der Waals surface area (Å²) in [6, 6.07) is 18.6. The molecule has 0 spiro atoms. The van der Waals surface area contributed by atoms with E-state index in [1.807, 2.05) is 36.4 Å². The zero-order chi connectivity index (χ0) is 20.1. The van der Waals surface area contributed by atoms with E-state index in [4.69, 9.17) is 19.9 Å². The summed E-state index contributed by atoms with van der Waals surface area (Å²) in [6.07, 6.45) is 0. The van der Waals surface area contributed by atoms with E-state index in [9.17, 15) is 10.1 Å². The number of nitrogens with two attached hydrogens (primary N) is 1. The fourth-order valence-corrected chi connectivity index (χ4v) is 3.07. The molecule has 28 heavy (non-hydrogen) atoms. The monoisotopic (exact) mass is 376 g/mol. The summed E-state index contributed by atoms with van der Waals surface area (Å²) in [5, 5.41) is 9.64. The highest BCUT2D eigenvalue weighted by molar-refractivity contribution is 5.92. The lowest BCUT2D eigenvalue weighted by molar-refractivity contribution is -0.139. The predicted octanol–water partition coefficient (Wildman–Crippen LogP) is 4.12. The molecule has 0 saturated carbocycles. The van der Waals surface area contributed by atoms with Gasteiger partial charge in [-0.15, -0.1) is 0 Å². The molecule has 0 fully saturated rings. The molecule has 2 aromatic carbocycles. The fourth-order valence-electron chi connectivity index (χ4n) is 3.07. The number of benzene rings is 2. The van der Waals surface area contributed by atoms with Crippen LogP contribution in [0.4, 0.5) is 0 Å². The second kappa shape index (κ2) is 8.31. The van der Waals surface area contributed by atoms with Gasteiger partial charge < -0.3 is 19.9 Å². The van der Waals surface area contributed by atoms with Crippen molar-refractivity contribution in [3.05, 3.63) is 82.9 Å². The minimum atomic E-state index is -0.697. The van der Waals surface area contributed by atoms with Gasteiger partial charge in [0.25, 0.3) is 0 Å². The molecule has 3 rings (SSSR count). The van der Waals surface area contributed by atoms with Crippen molar-refractivity contribution in [3.8, 4) is 17.6 Å². The third kappa shape index (κ3) is 3.84. The maximum atomic E-state index is 12.6. The van der Waals surface area contributed by atoms with Crippen molar-refractivity contribution in [1.29, 1.82) is 5.26 Å². The number of nitrogens with zero attached hydrogens (tertiary/aromatic N) is 1. The molecule has 6 heteroatoms. The molecule has 1 aliphatic heterocycles. The second-order valence-corrected chi connectivity index (χ2v) is 6.10. The highest BCUT2D eigenvalue weighted by atomic mass is 16.5. The second-order valence-electron chi connectivity index (χ2n) is 6.10. The number of hydrogen-bond donors (Lipinski definition) is 1. The molecule has 2 aromatic rings. The predicted molar refractivity (Wildman–Crippen MR) is 103 cm³/mol. The summed E-state index contributed by atoms with van der Waals surface area (Å²) in [4.78, 5) is 12.6. The third-order valence-electron chi connectivity index (χ3n) is 4.27. The zero-order valence-electron chi connectivity index (χ0n) is 15.6. The topological polar surface area (TPSA) is 94.6 Å². The normalized spacial score (nSPS) is 16.2. The number of nitriles is 1. The molecule has 1 heterocycles. The van der Waals surface area contributed by atoms with Gasteiger partial charge in [-0.25, -0.2) is 4.79 Å². The Balaban J connectivity index is 2.04. The SMILES string of the molecule is CCOC(=O)C1=C(C)OC(N)=C(C#N)C1c1cccc(Oc2ccccc2)c1. The van der Waals surface area contributed by atoms with Crippen LogP contribution in [0.1, 0.15) is 25.3 Å². The van der Waals surface area contributed by atoms with Crippen LogP contribution in [0.25, 0.3) is 0 Å². The molecule has 0 aromatic heterocycles. The first-order chi connectivity index (χ1) is 13.5. The molecule has 0 amide bonds. The van der Waals surface area contributed by atoms with Gasteiger partial charge >= 0.3 is 5.97 Å². The number of allylic oxidation sites excluding steroid dienone is 2. The van der Waals surface area contributed by atoms with E-state index >= 15 is 0 Å². The number of ether oxygens (including phenoxy) is 3. The average Bonchev–Trinajstić information content (AvgIpc) is 2.68. The quantitative estimate of drug-likeness (QED) is 0.789.